The topological polar surface area (TPSA) is 77.5 Å². The Balaban J connectivity index is 1.42. The van der Waals surface area contributed by atoms with Crippen LogP contribution in [0.25, 0.3) is 10.2 Å². The van der Waals surface area contributed by atoms with Crippen LogP contribution in [0, 0.1) is 0 Å². The highest BCUT2D eigenvalue weighted by molar-refractivity contribution is 7.18. The number of nitrogens with zero attached hydrogens (tertiary/aromatic N) is 1. The number of carbonyl (C=O) groups excluding carboxylic acids is 2. The number of para-hydroxylation sites is 2. The third-order valence-corrected chi connectivity index (χ3v) is 4.51. The number of rotatable bonds is 7. The summed E-state index contributed by atoms with van der Waals surface area (Å²) in [5.74, 6) is -0.988. The van der Waals surface area contributed by atoms with Crippen LogP contribution in [-0.4, -0.2) is 29.6 Å². The fraction of sp³-hybridized carbons (Fsp3) is 0.211. The zero-order valence-electron chi connectivity index (χ0n) is 14.2. The van der Waals surface area contributed by atoms with Gasteiger partial charge in [0, 0.05) is 5.69 Å². The molecule has 26 heavy (non-hydrogen) atoms. The Hall–Kier alpha value is -2.77. The van der Waals surface area contributed by atoms with Crippen LogP contribution in [0.3, 0.4) is 0 Å². The minimum atomic E-state index is -0.909. The number of fused-ring (bicyclic) bond motifs is 1. The van der Waals surface area contributed by atoms with E-state index in [4.69, 9.17) is 9.47 Å². The first kappa shape index (κ1) is 18.0. The molecule has 134 valence electrons. The van der Waals surface area contributed by atoms with Crippen LogP contribution >= 0.6 is 11.3 Å². The average molecular weight is 370 g/mol. The Bertz CT molecular complexity index is 862. The van der Waals surface area contributed by atoms with E-state index in [1.165, 1.54) is 18.3 Å². The fourth-order valence-electron chi connectivity index (χ4n) is 2.25. The van der Waals surface area contributed by atoms with Crippen molar-refractivity contribution in [3.63, 3.8) is 0 Å². The molecule has 0 aliphatic carbocycles. The summed E-state index contributed by atoms with van der Waals surface area (Å²) in [6.07, 6.45) is -0.909. The Morgan fingerprint density at radius 3 is 2.62 bits per heavy atom. The van der Waals surface area contributed by atoms with Crippen molar-refractivity contribution in [3.8, 4) is 0 Å². The molecule has 0 bridgehead atoms. The van der Waals surface area contributed by atoms with Crippen LogP contribution in [0.15, 0.2) is 54.6 Å². The first-order valence-electron chi connectivity index (χ1n) is 8.09. The third-order valence-electron chi connectivity index (χ3n) is 3.50. The second-order valence-corrected chi connectivity index (χ2v) is 6.67. The van der Waals surface area contributed by atoms with E-state index in [2.05, 4.69) is 10.3 Å². The van der Waals surface area contributed by atoms with Gasteiger partial charge >= 0.3 is 5.97 Å². The van der Waals surface area contributed by atoms with Gasteiger partial charge in [-0.3, -0.25) is 4.79 Å². The van der Waals surface area contributed by atoms with Gasteiger partial charge in [0.2, 0.25) is 0 Å². The number of thiazole rings is 1. The van der Waals surface area contributed by atoms with Gasteiger partial charge in [-0.2, -0.15) is 0 Å². The first-order valence-corrected chi connectivity index (χ1v) is 8.91. The Morgan fingerprint density at radius 1 is 1.12 bits per heavy atom. The van der Waals surface area contributed by atoms with E-state index in [1.54, 1.807) is 12.1 Å². The number of carbonyl (C=O) groups is 2. The normalized spacial score (nSPS) is 11.9. The molecular formula is C19H18N2O4S. The van der Waals surface area contributed by atoms with Crippen LogP contribution in [0.4, 0.5) is 5.69 Å². The van der Waals surface area contributed by atoms with Crippen molar-refractivity contribution in [2.45, 2.75) is 19.6 Å². The second kappa shape index (κ2) is 8.55. The van der Waals surface area contributed by atoms with Crippen molar-refractivity contribution < 1.29 is 19.1 Å². The van der Waals surface area contributed by atoms with E-state index in [1.807, 2.05) is 42.5 Å². The molecule has 3 rings (SSSR count). The van der Waals surface area contributed by atoms with Crippen LogP contribution in [0.2, 0.25) is 0 Å². The van der Waals surface area contributed by atoms with E-state index in [0.29, 0.717) is 5.69 Å². The molecule has 0 aliphatic heterocycles. The Labute approximate surface area is 154 Å². The molecule has 1 atom stereocenters. The molecule has 1 N–H and O–H groups in total. The molecule has 1 heterocycles. The largest absolute Gasteiger partial charge is 0.451 e. The molecule has 0 spiro atoms. The standard InChI is InChI=1S/C19H18N2O4S/c1-13(19(23)20-14-7-3-2-4-8-14)25-18(22)12-24-11-17-21-15-9-5-6-10-16(15)26-17/h2-10,13H,11-12H2,1H3,(H,20,23)/t13-/m0/s1. The summed E-state index contributed by atoms with van der Waals surface area (Å²) >= 11 is 1.52. The molecule has 7 heteroatoms. The molecule has 1 aromatic heterocycles. The molecule has 2 aromatic carbocycles. The predicted octanol–water partition coefficient (Wildman–Crippen LogP) is 3.38. The maximum absolute atomic E-state index is 12.0. The maximum atomic E-state index is 12.0. The zero-order valence-corrected chi connectivity index (χ0v) is 15.0. The summed E-state index contributed by atoms with van der Waals surface area (Å²) in [5, 5.41) is 3.46. The van der Waals surface area contributed by atoms with E-state index >= 15 is 0 Å². The average Bonchev–Trinajstić information content (AvgIpc) is 3.05. The van der Waals surface area contributed by atoms with Crippen molar-refractivity contribution in [2.75, 3.05) is 11.9 Å². The van der Waals surface area contributed by atoms with Crippen molar-refractivity contribution >= 4 is 39.1 Å². The van der Waals surface area contributed by atoms with Gasteiger partial charge in [-0.05, 0) is 31.2 Å². The molecule has 0 radical (unpaired) electrons. The van der Waals surface area contributed by atoms with Gasteiger partial charge in [-0.1, -0.05) is 30.3 Å². The molecular weight excluding hydrogens is 352 g/mol. The molecule has 0 saturated carbocycles. The van der Waals surface area contributed by atoms with Gasteiger partial charge in [0.1, 0.15) is 11.6 Å². The molecule has 0 aliphatic rings. The molecule has 0 unspecified atom stereocenters. The number of ether oxygens (including phenoxy) is 2. The lowest BCUT2D eigenvalue weighted by Crippen LogP contribution is -2.31. The summed E-state index contributed by atoms with van der Waals surface area (Å²) < 4.78 is 11.5. The van der Waals surface area contributed by atoms with Crippen LogP contribution < -0.4 is 5.32 Å². The van der Waals surface area contributed by atoms with Crippen LogP contribution in [0.1, 0.15) is 11.9 Å². The number of hydrogen-bond acceptors (Lipinski definition) is 6. The Morgan fingerprint density at radius 2 is 1.85 bits per heavy atom. The zero-order chi connectivity index (χ0) is 18.4. The van der Waals surface area contributed by atoms with Gasteiger partial charge in [-0.15, -0.1) is 11.3 Å². The van der Waals surface area contributed by atoms with Crippen LogP contribution in [0.5, 0.6) is 0 Å². The maximum Gasteiger partial charge on any atom is 0.332 e. The van der Waals surface area contributed by atoms with Gasteiger partial charge in [0.25, 0.3) is 5.91 Å². The summed E-state index contributed by atoms with van der Waals surface area (Å²) in [5.41, 5.74) is 1.55. The number of hydrogen-bond donors (Lipinski definition) is 1. The number of amides is 1. The highest BCUT2D eigenvalue weighted by Crippen LogP contribution is 2.21. The van der Waals surface area contributed by atoms with E-state index in [9.17, 15) is 9.59 Å². The lowest BCUT2D eigenvalue weighted by molar-refractivity contribution is -0.157. The molecule has 6 nitrogen and oxygen atoms in total. The lowest BCUT2D eigenvalue weighted by Gasteiger charge is -2.13. The first-order chi connectivity index (χ1) is 12.6. The number of benzene rings is 2. The molecule has 0 saturated heterocycles. The smallest absolute Gasteiger partial charge is 0.332 e. The predicted molar refractivity (Wildman–Crippen MR) is 99.9 cm³/mol. The monoisotopic (exact) mass is 370 g/mol. The van der Waals surface area contributed by atoms with Crippen molar-refractivity contribution in [1.29, 1.82) is 0 Å². The summed E-state index contributed by atoms with van der Waals surface area (Å²) in [6.45, 7) is 1.50. The van der Waals surface area contributed by atoms with Gasteiger partial charge in [0.05, 0.1) is 16.8 Å². The Kier molecular flexibility index (Phi) is 5.93. The van der Waals surface area contributed by atoms with Crippen LogP contribution in [-0.2, 0) is 25.7 Å². The summed E-state index contributed by atoms with van der Waals surface area (Å²) in [6, 6.07) is 16.8. The SMILES string of the molecule is C[C@H](OC(=O)COCc1nc2ccccc2s1)C(=O)Nc1ccccc1. The van der Waals surface area contributed by atoms with E-state index in [-0.39, 0.29) is 13.2 Å². The molecule has 1 amide bonds. The summed E-state index contributed by atoms with van der Waals surface area (Å²) in [4.78, 5) is 28.3. The van der Waals surface area contributed by atoms with Crippen molar-refractivity contribution in [2.24, 2.45) is 0 Å². The quantitative estimate of drug-likeness (QED) is 0.645. The van der Waals surface area contributed by atoms with Gasteiger partial charge in [0.15, 0.2) is 6.10 Å². The lowest BCUT2D eigenvalue weighted by atomic mass is 10.3. The number of nitrogens with one attached hydrogen (secondary N) is 1. The number of esters is 1. The third kappa shape index (κ3) is 4.87. The second-order valence-electron chi connectivity index (χ2n) is 5.56. The van der Waals surface area contributed by atoms with E-state index in [0.717, 1.165) is 15.2 Å². The minimum absolute atomic E-state index is 0.221. The highest BCUT2D eigenvalue weighted by atomic mass is 32.1. The van der Waals surface area contributed by atoms with Crippen molar-refractivity contribution in [3.05, 3.63) is 59.6 Å². The van der Waals surface area contributed by atoms with Gasteiger partial charge < -0.3 is 14.8 Å². The minimum Gasteiger partial charge on any atom is -0.451 e. The van der Waals surface area contributed by atoms with Gasteiger partial charge in [-0.25, -0.2) is 9.78 Å². The fourth-order valence-corrected chi connectivity index (χ4v) is 3.16. The number of anilines is 1. The molecule has 3 aromatic rings. The van der Waals surface area contributed by atoms with E-state index < -0.39 is 18.0 Å². The molecule has 0 fully saturated rings. The highest BCUT2D eigenvalue weighted by Gasteiger charge is 2.18. The summed E-state index contributed by atoms with van der Waals surface area (Å²) in [7, 11) is 0. The van der Waals surface area contributed by atoms with Crippen molar-refractivity contribution in [1.82, 2.24) is 4.98 Å². The number of aromatic nitrogens is 1.